The number of hydrogen-bond acceptors (Lipinski definition) is 4. The van der Waals surface area contributed by atoms with Gasteiger partial charge in [0, 0.05) is 18.1 Å². The van der Waals surface area contributed by atoms with Crippen LogP contribution in [0.2, 0.25) is 0 Å². The molecular formula is C17H16FNO4S. The molecule has 24 heavy (non-hydrogen) atoms. The van der Waals surface area contributed by atoms with Crippen LogP contribution in [0.4, 0.5) is 4.39 Å². The number of furan rings is 1. The van der Waals surface area contributed by atoms with Gasteiger partial charge >= 0.3 is 5.97 Å². The summed E-state index contributed by atoms with van der Waals surface area (Å²) in [5.41, 5.74) is 0.285. The maximum absolute atomic E-state index is 13.8. The second-order valence-corrected chi connectivity index (χ2v) is 6.62. The van der Waals surface area contributed by atoms with Crippen LogP contribution in [0.1, 0.15) is 17.0 Å². The molecule has 3 rings (SSSR count). The molecule has 1 unspecified atom stereocenters. The fourth-order valence-electron chi connectivity index (χ4n) is 2.69. The van der Waals surface area contributed by atoms with Crippen molar-refractivity contribution in [3.8, 4) is 11.3 Å². The molecule has 126 valence electrons. The number of hydrogen-bond donors (Lipinski definition) is 1. The van der Waals surface area contributed by atoms with E-state index in [1.54, 1.807) is 36.0 Å². The number of carbonyl (C=O) groups is 2. The Balaban J connectivity index is 1.82. The van der Waals surface area contributed by atoms with Crippen LogP contribution >= 0.6 is 11.8 Å². The van der Waals surface area contributed by atoms with Gasteiger partial charge in [-0.05, 0) is 24.3 Å². The number of benzene rings is 1. The zero-order chi connectivity index (χ0) is 17.1. The Labute approximate surface area is 142 Å². The third-order valence-electron chi connectivity index (χ3n) is 3.85. The Hall–Kier alpha value is -2.28. The Morgan fingerprint density at radius 3 is 2.83 bits per heavy atom. The number of thioether (sulfide) groups is 1. The molecule has 5 nitrogen and oxygen atoms in total. The lowest BCUT2D eigenvalue weighted by atomic mass is 10.1. The predicted octanol–water partition coefficient (Wildman–Crippen LogP) is 3.12. The van der Waals surface area contributed by atoms with Gasteiger partial charge in [-0.25, -0.2) is 4.39 Å². The molecule has 2 heterocycles. The highest BCUT2D eigenvalue weighted by Crippen LogP contribution is 2.27. The van der Waals surface area contributed by atoms with Crippen molar-refractivity contribution < 1.29 is 23.5 Å². The van der Waals surface area contributed by atoms with Gasteiger partial charge in [0.25, 0.3) is 5.91 Å². The van der Waals surface area contributed by atoms with Crippen LogP contribution in [0.25, 0.3) is 11.3 Å². The highest BCUT2D eigenvalue weighted by atomic mass is 32.2. The lowest BCUT2D eigenvalue weighted by Crippen LogP contribution is -2.47. The quantitative estimate of drug-likeness (QED) is 0.918. The van der Waals surface area contributed by atoms with Crippen molar-refractivity contribution in [2.45, 2.75) is 12.5 Å². The van der Waals surface area contributed by atoms with Crippen LogP contribution in [-0.2, 0) is 4.79 Å². The zero-order valence-corrected chi connectivity index (χ0v) is 13.6. The molecule has 0 aliphatic carbocycles. The van der Waals surface area contributed by atoms with Crippen LogP contribution in [0.5, 0.6) is 0 Å². The van der Waals surface area contributed by atoms with E-state index >= 15 is 0 Å². The van der Waals surface area contributed by atoms with Crippen LogP contribution in [0.3, 0.4) is 0 Å². The van der Waals surface area contributed by atoms with E-state index in [0.29, 0.717) is 12.3 Å². The minimum atomic E-state index is -0.938. The molecular weight excluding hydrogens is 333 g/mol. The summed E-state index contributed by atoms with van der Waals surface area (Å²) in [5.74, 6) is -0.0187. The molecule has 1 aromatic carbocycles. The van der Waals surface area contributed by atoms with E-state index in [4.69, 9.17) is 9.52 Å². The van der Waals surface area contributed by atoms with Gasteiger partial charge in [0.1, 0.15) is 11.6 Å². The minimum absolute atomic E-state index is 0.0931. The first-order valence-corrected chi connectivity index (χ1v) is 8.67. The predicted molar refractivity (Wildman–Crippen MR) is 88.5 cm³/mol. The first kappa shape index (κ1) is 16.6. The standard InChI is InChI=1S/C17H16FNO4S/c18-13-4-2-1-3-12(13)14-5-6-15(23-14)17(22)19-7-8-24-10-11(19)9-16(20)21/h1-6,11H,7-10H2,(H,20,21). The van der Waals surface area contributed by atoms with Crippen LogP contribution < -0.4 is 0 Å². The SMILES string of the molecule is O=C(O)CC1CSCCN1C(=O)c1ccc(-c2ccccc2F)o1. The number of aliphatic carboxylic acids is 1. The molecule has 1 N–H and O–H groups in total. The van der Waals surface area contributed by atoms with Crippen molar-refractivity contribution in [3.05, 3.63) is 48.0 Å². The van der Waals surface area contributed by atoms with E-state index in [1.807, 2.05) is 0 Å². The van der Waals surface area contributed by atoms with E-state index in [9.17, 15) is 14.0 Å². The first-order valence-electron chi connectivity index (χ1n) is 7.51. The van der Waals surface area contributed by atoms with Crippen LogP contribution in [0.15, 0.2) is 40.8 Å². The smallest absolute Gasteiger partial charge is 0.305 e. The average Bonchev–Trinajstić information content (AvgIpc) is 3.04. The Kier molecular flexibility index (Phi) is 4.89. The molecule has 1 aliphatic heterocycles. The zero-order valence-electron chi connectivity index (χ0n) is 12.8. The van der Waals surface area contributed by atoms with Crippen molar-refractivity contribution in [1.82, 2.24) is 4.90 Å². The van der Waals surface area contributed by atoms with Crippen molar-refractivity contribution in [2.24, 2.45) is 0 Å². The minimum Gasteiger partial charge on any atom is -0.481 e. The van der Waals surface area contributed by atoms with E-state index < -0.39 is 11.8 Å². The lowest BCUT2D eigenvalue weighted by molar-refractivity contribution is -0.138. The molecule has 2 aromatic rings. The molecule has 1 fully saturated rings. The fraction of sp³-hybridized carbons (Fsp3) is 0.294. The van der Waals surface area contributed by atoms with Crippen molar-refractivity contribution in [3.63, 3.8) is 0 Å². The number of halogens is 1. The second-order valence-electron chi connectivity index (χ2n) is 5.47. The molecule has 7 heteroatoms. The third-order valence-corrected chi connectivity index (χ3v) is 4.95. The Morgan fingerprint density at radius 2 is 2.08 bits per heavy atom. The molecule has 1 amide bonds. The van der Waals surface area contributed by atoms with Crippen LogP contribution in [-0.4, -0.2) is 46.0 Å². The molecule has 1 aliphatic rings. The fourth-order valence-corrected chi connectivity index (χ4v) is 3.76. The molecule has 0 spiro atoms. The first-order chi connectivity index (χ1) is 11.6. The molecule has 1 aromatic heterocycles. The largest absolute Gasteiger partial charge is 0.481 e. The van der Waals surface area contributed by atoms with E-state index in [-0.39, 0.29) is 35.5 Å². The van der Waals surface area contributed by atoms with Crippen molar-refractivity contribution in [1.29, 1.82) is 0 Å². The van der Waals surface area contributed by atoms with Gasteiger partial charge in [-0.15, -0.1) is 0 Å². The van der Waals surface area contributed by atoms with Crippen molar-refractivity contribution in [2.75, 3.05) is 18.1 Å². The average molecular weight is 349 g/mol. The number of carbonyl (C=O) groups excluding carboxylic acids is 1. The molecule has 0 bridgehead atoms. The summed E-state index contributed by atoms with van der Waals surface area (Å²) < 4.78 is 19.4. The summed E-state index contributed by atoms with van der Waals surface area (Å²) in [6.45, 7) is 0.469. The number of amides is 1. The van der Waals surface area contributed by atoms with Gasteiger partial charge in [0.05, 0.1) is 18.0 Å². The Bertz CT molecular complexity index is 761. The summed E-state index contributed by atoms with van der Waals surface area (Å²) in [6.07, 6.45) is -0.0976. The van der Waals surface area contributed by atoms with Crippen molar-refractivity contribution >= 4 is 23.6 Å². The Morgan fingerprint density at radius 1 is 1.29 bits per heavy atom. The van der Waals surface area contributed by atoms with Crippen LogP contribution in [0, 0.1) is 5.82 Å². The lowest BCUT2D eigenvalue weighted by Gasteiger charge is -2.33. The van der Waals surface area contributed by atoms with Gasteiger partial charge < -0.3 is 14.4 Å². The summed E-state index contributed by atoms with van der Waals surface area (Å²) >= 11 is 1.63. The molecule has 1 saturated heterocycles. The monoisotopic (exact) mass is 349 g/mol. The van der Waals surface area contributed by atoms with Gasteiger partial charge in [0.2, 0.25) is 0 Å². The second kappa shape index (κ2) is 7.09. The summed E-state index contributed by atoms with van der Waals surface area (Å²) in [7, 11) is 0. The van der Waals surface area contributed by atoms with E-state index in [0.717, 1.165) is 5.75 Å². The normalized spacial score (nSPS) is 17.7. The maximum Gasteiger partial charge on any atom is 0.305 e. The summed E-state index contributed by atoms with van der Waals surface area (Å²) in [6, 6.07) is 8.86. The molecule has 1 atom stereocenters. The highest BCUT2D eigenvalue weighted by molar-refractivity contribution is 7.99. The summed E-state index contributed by atoms with van der Waals surface area (Å²) in [4.78, 5) is 25.2. The van der Waals surface area contributed by atoms with Gasteiger partial charge in [-0.2, -0.15) is 11.8 Å². The van der Waals surface area contributed by atoms with Gasteiger partial charge in [-0.3, -0.25) is 9.59 Å². The number of carboxylic acids is 1. The van der Waals surface area contributed by atoms with Gasteiger partial charge in [0.15, 0.2) is 5.76 Å². The molecule has 0 saturated carbocycles. The summed E-state index contributed by atoms with van der Waals surface area (Å²) in [5, 5.41) is 9.01. The van der Waals surface area contributed by atoms with Gasteiger partial charge in [-0.1, -0.05) is 12.1 Å². The van der Waals surface area contributed by atoms with E-state index in [1.165, 1.54) is 17.0 Å². The number of rotatable bonds is 4. The molecule has 0 radical (unpaired) electrons. The maximum atomic E-state index is 13.8. The highest BCUT2D eigenvalue weighted by Gasteiger charge is 2.31. The third kappa shape index (κ3) is 3.46. The topological polar surface area (TPSA) is 70.8 Å². The number of carboxylic acid groups (broad SMARTS) is 1. The van der Waals surface area contributed by atoms with E-state index in [2.05, 4.69) is 0 Å². The number of nitrogens with zero attached hydrogens (tertiary/aromatic N) is 1.